The molecule has 1 aromatic carbocycles. The van der Waals surface area contributed by atoms with E-state index >= 15 is 0 Å². The lowest BCUT2D eigenvalue weighted by atomic mass is 10.2. The Bertz CT molecular complexity index is 590. The van der Waals surface area contributed by atoms with Gasteiger partial charge in [0.05, 0.1) is 6.61 Å². The minimum atomic E-state index is -0.174. The zero-order valence-corrected chi connectivity index (χ0v) is 11.0. The summed E-state index contributed by atoms with van der Waals surface area (Å²) in [6.45, 7) is 0.308. The Morgan fingerprint density at radius 3 is 2.75 bits per heavy atom. The summed E-state index contributed by atoms with van der Waals surface area (Å²) in [5, 5.41) is 9.05. The van der Waals surface area contributed by atoms with Crippen molar-refractivity contribution in [2.75, 3.05) is 13.2 Å². The summed E-state index contributed by atoms with van der Waals surface area (Å²) in [5.74, 6) is 0.265. The zero-order valence-electron chi connectivity index (χ0n) is 11.0. The third-order valence-corrected chi connectivity index (χ3v) is 3.33. The van der Waals surface area contributed by atoms with E-state index < -0.39 is 0 Å². The molecule has 1 saturated carbocycles. The molecule has 0 bridgehead atoms. The quantitative estimate of drug-likeness (QED) is 0.903. The Labute approximate surface area is 116 Å². The van der Waals surface area contributed by atoms with Crippen LogP contribution in [0.5, 0.6) is 0 Å². The minimum Gasteiger partial charge on any atom is -0.444 e. The van der Waals surface area contributed by atoms with Crippen LogP contribution in [0.25, 0.3) is 11.5 Å². The topological polar surface area (TPSA) is 66.6 Å². The van der Waals surface area contributed by atoms with Crippen LogP contribution in [0.15, 0.2) is 41.0 Å². The van der Waals surface area contributed by atoms with Gasteiger partial charge in [-0.1, -0.05) is 18.2 Å². The second-order valence-electron chi connectivity index (χ2n) is 4.86. The van der Waals surface area contributed by atoms with Gasteiger partial charge in [0.1, 0.15) is 6.26 Å². The van der Waals surface area contributed by atoms with Crippen molar-refractivity contribution in [3.63, 3.8) is 0 Å². The van der Waals surface area contributed by atoms with Crippen LogP contribution in [0.2, 0.25) is 0 Å². The van der Waals surface area contributed by atoms with E-state index in [4.69, 9.17) is 9.52 Å². The maximum Gasteiger partial charge on any atom is 0.276 e. The first-order valence-electron chi connectivity index (χ1n) is 6.72. The van der Waals surface area contributed by atoms with E-state index in [1.807, 2.05) is 30.3 Å². The molecule has 1 aliphatic carbocycles. The van der Waals surface area contributed by atoms with Crippen LogP contribution < -0.4 is 0 Å². The molecular formula is C15H16N2O3. The van der Waals surface area contributed by atoms with E-state index in [1.165, 1.54) is 6.26 Å². The molecule has 1 heterocycles. The van der Waals surface area contributed by atoms with E-state index in [1.54, 1.807) is 4.90 Å². The number of carbonyl (C=O) groups excluding carboxylic acids is 1. The molecule has 1 amide bonds. The third kappa shape index (κ3) is 2.58. The summed E-state index contributed by atoms with van der Waals surface area (Å²) >= 11 is 0. The predicted octanol–water partition coefficient (Wildman–Crippen LogP) is 1.94. The average molecular weight is 272 g/mol. The fourth-order valence-corrected chi connectivity index (χ4v) is 2.18. The molecule has 1 N–H and O–H groups in total. The highest BCUT2D eigenvalue weighted by atomic mass is 16.3. The number of hydrogen-bond donors (Lipinski definition) is 1. The van der Waals surface area contributed by atoms with Crippen molar-refractivity contribution in [3.8, 4) is 11.5 Å². The number of aromatic nitrogens is 1. The number of nitrogens with zero attached hydrogens (tertiary/aromatic N) is 2. The van der Waals surface area contributed by atoms with Gasteiger partial charge in [-0.2, -0.15) is 0 Å². The van der Waals surface area contributed by atoms with Crippen molar-refractivity contribution in [2.24, 2.45) is 0 Å². The number of aliphatic hydroxyl groups excluding tert-OH is 1. The molecule has 1 fully saturated rings. The van der Waals surface area contributed by atoms with Crippen LogP contribution >= 0.6 is 0 Å². The predicted molar refractivity (Wildman–Crippen MR) is 73.1 cm³/mol. The standard InChI is InChI=1S/C15H16N2O3/c18-9-8-17(12-6-7-12)15(19)13-10-20-14(16-13)11-4-2-1-3-5-11/h1-5,10,12,18H,6-9H2. The number of benzene rings is 1. The van der Waals surface area contributed by atoms with Crippen molar-refractivity contribution in [1.29, 1.82) is 0 Å². The Morgan fingerprint density at radius 1 is 1.35 bits per heavy atom. The maximum absolute atomic E-state index is 12.4. The summed E-state index contributed by atoms with van der Waals surface area (Å²) in [7, 11) is 0. The van der Waals surface area contributed by atoms with Crippen molar-refractivity contribution < 1.29 is 14.3 Å². The smallest absolute Gasteiger partial charge is 0.276 e. The zero-order chi connectivity index (χ0) is 13.9. The highest BCUT2D eigenvalue weighted by Gasteiger charge is 2.33. The highest BCUT2D eigenvalue weighted by Crippen LogP contribution is 2.28. The fourth-order valence-electron chi connectivity index (χ4n) is 2.18. The molecule has 20 heavy (non-hydrogen) atoms. The molecule has 5 nitrogen and oxygen atoms in total. The molecule has 0 saturated heterocycles. The molecule has 0 unspecified atom stereocenters. The number of aliphatic hydroxyl groups is 1. The highest BCUT2D eigenvalue weighted by molar-refractivity contribution is 5.92. The van der Waals surface area contributed by atoms with Crippen molar-refractivity contribution in [1.82, 2.24) is 9.88 Å². The Hall–Kier alpha value is -2.14. The molecule has 2 aromatic rings. The number of oxazole rings is 1. The SMILES string of the molecule is O=C(c1coc(-c2ccccc2)n1)N(CCO)C1CC1. The molecule has 5 heteroatoms. The monoisotopic (exact) mass is 272 g/mol. The number of carbonyl (C=O) groups is 1. The van der Waals surface area contributed by atoms with E-state index in [2.05, 4.69) is 4.98 Å². The third-order valence-electron chi connectivity index (χ3n) is 3.33. The second kappa shape index (κ2) is 5.46. The normalized spacial score (nSPS) is 14.2. The van der Waals surface area contributed by atoms with Gasteiger partial charge in [0.2, 0.25) is 5.89 Å². The van der Waals surface area contributed by atoms with Gasteiger partial charge in [-0.25, -0.2) is 4.98 Å². The van der Waals surface area contributed by atoms with Crippen LogP contribution in [0.1, 0.15) is 23.3 Å². The first-order valence-corrected chi connectivity index (χ1v) is 6.72. The van der Waals surface area contributed by atoms with Gasteiger partial charge < -0.3 is 14.4 Å². The minimum absolute atomic E-state index is 0.0361. The Morgan fingerprint density at radius 2 is 2.10 bits per heavy atom. The Balaban J connectivity index is 1.80. The summed E-state index contributed by atoms with van der Waals surface area (Å²) in [6.07, 6.45) is 3.38. The first kappa shape index (κ1) is 12.9. The van der Waals surface area contributed by atoms with E-state index in [9.17, 15) is 4.79 Å². The van der Waals surface area contributed by atoms with Gasteiger partial charge in [0, 0.05) is 18.2 Å². The summed E-state index contributed by atoms with van der Waals surface area (Å²) in [6, 6.07) is 9.70. The van der Waals surface area contributed by atoms with E-state index in [-0.39, 0.29) is 18.6 Å². The van der Waals surface area contributed by atoms with Gasteiger partial charge in [0.15, 0.2) is 5.69 Å². The molecular weight excluding hydrogens is 256 g/mol. The Kier molecular flexibility index (Phi) is 3.52. The summed E-state index contributed by atoms with van der Waals surface area (Å²) < 4.78 is 5.38. The van der Waals surface area contributed by atoms with Gasteiger partial charge >= 0.3 is 0 Å². The molecule has 0 aliphatic heterocycles. The van der Waals surface area contributed by atoms with Gasteiger partial charge in [0.25, 0.3) is 5.91 Å². The van der Waals surface area contributed by atoms with E-state index in [0.29, 0.717) is 18.1 Å². The van der Waals surface area contributed by atoms with Crippen molar-refractivity contribution in [2.45, 2.75) is 18.9 Å². The second-order valence-corrected chi connectivity index (χ2v) is 4.86. The lowest BCUT2D eigenvalue weighted by Gasteiger charge is -2.19. The van der Waals surface area contributed by atoms with Crippen molar-refractivity contribution in [3.05, 3.63) is 42.3 Å². The molecule has 1 aliphatic rings. The first-order chi connectivity index (χ1) is 9.79. The summed E-state index contributed by atoms with van der Waals surface area (Å²) in [5.41, 5.74) is 1.14. The van der Waals surface area contributed by atoms with Crippen LogP contribution in [-0.4, -0.2) is 40.1 Å². The van der Waals surface area contributed by atoms with Gasteiger partial charge in [-0.3, -0.25) is 4.79 Å². The van der Waals surface area contributed by atoms with Crippen LogP contribution in [0, 0.1) is 0 Å². The maximum atomic E-state index is 12.4. The van der Waals surface area contributed by atoms with E-state index in [0.717, 1.165) is 18.4 Å². The average Bonchev–Trinajstić information content (AvgIpc) is 3.21. The van der Waals surface area contributed by atoms with Crippen LogP contribution in [0.4, 0.5) is 0 Å². The van der Waals surface area contributed by atoms with Crippen LogP contribution in [-0.2, 0) is 0 Å². The van der Waals surface area contributed by atoms with Gasteiger partial charge in [-0.05, 0) is 25.0 Å². The molecule has 1 aromatic heterocycles. The number of amides is 1. The molecule has 104 valence electrons. The molecule has 0 radical (unpaired) electrons. The van der Waals surface area contributed by atoms with Crippen LogP contribution in [0.3, 0.4) is 0 Å². The molecule has 3 rings (SSSR count). The molecule has 0 spiro atoms. The lowest BCUT2D eigenvalue weighted by Crippen LogP contribution is -2.35. The van der Waals surface area contributed by atoms with Crippen molar-refractivity contribution >= 4 is 5.91 Å². The summed E-state index contributed by atoms with van der Waals surface area (Å²) in [4.78, 5) is 18.3. The number of hydrogen-bond acceptors (Lipinski definition) is 4. The molecule has 0 atom stereocenters. The lowest BCUT2D eigenvalue weighted by molar-refractivity contribution is 0.0701. The fraction of sp³-hybridized carbons (Fsp3) is 0.333. The number of rotatable bonds is 5. The van der Waals surface area contributed by atoms with Gasteiger partial charge in [-0.15, -0.1) is 0 Å². The largest absolute Gasteiger partial charge is 0.444 e.